The maximum absolute atomic E-state index is 13.3. The molecule has 27 heavy (non-hydrogen) atoms. The van der Waals surface area contributed by atoms with E-state index in [-0.39, 0.29) is 12.1 Å². The van der Waals surface area contributed by atoms with Crippen molar-refractivity contribution < 1.29 is 22.8 Å². The quantitative estimate of drug-likeness (QED) is 0.837. The van der Waals surface area contributed by atoms with Crippen LogP contribution in [0.15, 0.2) is 48.5 Å². The van der Waals surface area contributed by atoms with Gasteiger partial charge in [0, 0.05) is 0 Å². The number of amides is 3. The molecule has 8 heteroatoms. The molecular formula is C19H14F3N3O2. The Balaban J connectivity index is 1.95. The molecule has 2 aromatic rings. The van der Waals surface area contributed by atoms with Gasteiger partial charge in [0.25, 0.3) is 5.91 Å². The van der Waals surface area contributed by atoms with Crippen LogP contribution in [0.2, 0.25) is 0 Å². The Morgan fingerprint density at radius 3 is 2.33 bits per heavy atom. The average molecular weight is 373 g/mol. The van der Waals surface area contributed by atoms with E-state index in [0.717, 1.165) is 11.0 Å². The monoisotopic (exact) mass is 373 g/mol. The van der Waals surface area contributed by atoms with Crippen LogP contribution >= 0.6 is 0 Å². The van der Waals surface area contributed by atoms with Crippen LogP contribution < -0.4 is 5.32 Å². The van der Waals surface area contributed by atoms with Crippen LogP contribution in [0.3, 0.4) is 0 Å². The smallest absolute Gasteiger partial charge is 0.319 e. The van der Waals surface area contributed by atoms with Gasteiger partial charge in [-0.25, -0.2) is 4.79 Å². The zero-order chi connectivity index (χ0) is 19.8. The van der Waals surface area contributed by atoms with Crippen molar-refractivity contribution in [2.24, 2.45) is 0 Å². The first-order chi connectivity index (χ1) is 12.7. The minimum atomic E-state index is -4.66. The number of alkyl halides is 3. The molecule has 1 saturated heterocycles. The number of rotatable bonds is 3. The van der Waals surface area contributed by atoms with Crippen LogP contribution in [0.25, 0.3) is 0 Å². The van der Waals surface area contributed by atoms with Gasteiger partial charge in [0.15, 0.2) is 0 Å². The van der Waals surface area contributed by atoms with E-state index < -0.39 is 29.2 Å². The molecule has 5 nitrogen and oxygen atoms in total. The Morgan fingerprint density at radius 1 is 1.11 bits per heavy atom. The molecule has 1 aliphatic heterocycles. The van der Waals surface area contributed by atoms with Crippen LogP contribution in [0.1, 0.15) is 29.2 Å². The second kappa shape index (κ2) is 6.43. The van der Waals surface area contributed by atoms with Gasteiger partial charge in [-0.15, -0.1) is 0 Å². The lowest BCUT2D eigenvalue weighted by Crippen LogP contribution is -2.42. The highest BCUT2D eigenvalue weighted by molar-refractivity contribution is 6.07. The molecule has 3 amide bonds. The summed E-state index contributed by atoms with van der Waals surface area (Å²) in [5, 5.41) is 11.2. The fraction of sp³-hybridized carbons (Fsp3) is 0.211. The van der Waals surface area contributed by atoms with Crippen molar-refractivity contribution in [2.75, 3.05) is 0 Å². The number of nitriles is 1. The summed E-state index contributed by atoms with van der Waals surface area (Å²) in [5.74, 6) is -0.770. The number of nitrogens with one attached hydrogen (secondary N) is 1. The Bertz CT molecular complexity index is 948. The van der Waals surface area contributed by atoms with Crippen molar-refractivity contribution in [3.8, 4) is 6.07 Å². The van der Waals surface area contributed by atoms with E-state index in [0.29, 0.717) is 11.1 Å². The predicted molar refractivity (Wildman–Crippen MR) is 89.0 cm³/mol. The van der Waals surface area contributed by atoms with E-state index in [1.807, 2.05) is 6.07 Å². The minimum Gasteiger partial charge on any atom is -0.319 e. The molecule has 3 rings (SSSR count). The van der Waals surface area contributed by atoms with Crippen molar-refractivity contribution >= 4 is 11.9 Å². The van der Waals surface area contributed by atoms with Gasteiger partial charge in [-0.05, 0) is 36.2 Å². The van der Waals surface area contributed by atoms with Crippen LogP contribution in [-0.4, -0.2) is 16.8 Å². The van der Waals surface area contributed by atoms with Crippen LogP contribution in [0.5, 0.6) is 0 Å². The lowest BCUT2D eigenvalue weighted by Gasteiger charge is -2.25. The Hall–Kier alpha value is -3.34. The van der Waals surface area contributed by atoms with Gasteiger partial charge < -0.3 is 5.32 Å². The summed E-state index contributed by atoms with van der Waals surface area (Å²) in [7, 11) is 0. The second-order valence-electron chi connectivity index (χ2n) is 6.30. The van der Waals surface area contributed by atoms with Gasteiger partial charge in [-0.1, -0.05) is 30.3 Å². The van der Waals surface area contributed by atoms with E-state index in [2.05, 4.69) is 5.32 Å². The summed E-state index contributed by atoms with van der Waals surface area (Å²) in [6.45, 7) is 1.15. The zero-order valence-corrected chi connectivity index (χ0v) is 14.2. The van der Waals surface area contributed by atoms with Crippen LogP contribution in [0.4, 0.5) is 18.0 Å². The molecule has 1 N–H and O–H groups in total. The number of imide groups is 1. The maximum Gasteiger partial charge on any atom is 0.416 e. The SMILES string of the molecule is CC1(c2ccccc2C(F)(F)F)NC(=O)N(Cc2ccc(C#N)cc2)C1=O. The first kappa shape index (κ1) is 18.5. The topological polar surface area (TPSA) is 73.2 Å². The molecule has 1 aliphatic rings. The van der Waals surface area contributed by atoms with E-state index in [9.17, 15) is 22.8 Å². The van der Waals surface area contributed by atoms with Crippen molar-refractivity contribution in [3.63, 3.8) is 0 Å². The van der Waals surface area contributed by atoms with E-state index >= 15 is 0 Å². The Labute approximate surface area is 153 Å². The fourth-order valence-corrected chi connectivity index (χ4v) is 3.06. The van der Waals surface area contributed by atoms with Crippen molar-refractivity contribution in [1.29, 1.82) is 5.26 Å². The highest BCUT2D eigenvalue weighted by atomic mass is 19.4. The summed E-state index contributed by atoms with van der Waals surface area (Å²) in [5.41, 5.74) is -2.11. The van der Waals surface area contributed by atoms with Gasteiger partial charge in [-0.2, -0.15) is 18.4 Å². The summed E-state index contributed by atoms with van der Waals surface area (Å²) in [4.78, 5) is 26.1. The summed E-state index contributed by atoms with van der Waals surface area (Å²) in [6.07, 6.45) is -4.66. The Kier molecular flexibility index (Phi) is 4.39. The summed E-state index contributed by atoms with van der Waals surface area (Å²) in [6, 6.07) is 12.1. The molecule has 1 unspecified atom stereocenters. The standard InChI is InChI=1S/C19H14F3N3O2/c1-18(14-4-2-3-5-15(14)19(20,21)22)16(26)25(17(27)24-18)11-13-8-6-12(10-23)7-9-13/h2-9H,11H2,1H3,(H,24,27). The molecule has 1 fully saturated rings. The first-order valence-electron chi connectivity index (χ1n) is 7.96. The molecule has 2 aromatic carbocycles. The number of urea groups is 1. The zero-order valence-electron chi connectivity index (χ0n) is 14.2. The van der Waals surface area contributed by atoms with Gasteiger partial charge >= 0.3 is 12.2 Å². The lowest BCUT2D eigenvalue weighted by atomic mass is 9.87. The van der Waals surface area contributed by atoms with Crippen molar-refractivity contribution in [3.05, 3.63) is 70.8 Å². The molecule has 0 aliphatic carbocycles. The molecule has 138 valence electrons. The normalized spacial score (nSPS) is 19.7. The summed E-state index contributed by atoms with van der Waals surface area (Å²) >= 11 is 0. The van der Waals surface area contributed by atoms with Crippen molar-refractivity contribution in [2.45, 2.75) is 25.2 Å². The number of nitrogens with zero attached hydrogens (tertiary/aromatic N) is 2. The maximum atomic E-state index is 13.3. The van der Waals surface area contributed by atoms with Gasteiger partial charge in [-0.3, -0.25) is 9.69 Å². The van der Waals surface area contributed by atoms with Gasteiger partial charge in [0.05, 0.1) is 23.7 Å². The van der Waals surface area contributed by atoms with Crippen LogP contribution in [-0.2, 0) is 23.1 Å². The van der Waals surface area contributed by atoms with E-state index in [4.69, 9.17) is 5.26 Å². The highest BCUT2D eigenvalue weighted by Gasteiger charge is 2.52. The van der Waals surface area contributed by atoms with Crippen molar-refractivity contribution in [1.82, 2.24) is 10.2 Å². The molecule has 1 heterocycles. The molecule has 0 saturated carbocycles. The third-order valence-corrected chi connectivity index (χ3v) is 4.47. The second-order valence-corrected chi connectivity index (χ2v) is 6.30. The number of carbonyl (C=O) groups excluding carboxylic acids is 2. The Morgan fingerprint density at radius 2 is 1.74 bits per heavy atom. The molecule has 1 atom stereocenters. The lowest BCUT2D eigenvalue weighted by molar-refractivity contribution is -0.140. The highest BCUT2D eigenvalue weighted by Crippen LogP contribution is 2.39. The molecule has 0 bridgehead atoms. The number of carbonyl (C=O) groups is 2. The number of hydrogen-bond donors (Lipinski definition) is 1. The number of hydrogen-bond acceptors (Lipinski definition) is 3. The van der Waals surface area contributed by atoms with Gasteiger partial charge in [0.1, 0.15) is 5.54 Å². The largest absolute Gasteiger partial charge is 0.416 e. The minimum absolute atomic E-state index is 0.111. The number of halogens is 3. The predicted octanol–water partition coefficient (Wildman–Crippen LogP) is 3.54. The molecule has 0 radical (unpaired) electrons. The van der Waals surface area contributed by atoms with E-state index in [1.54, 1.807) is 12.1 Å². The third kappa shape index (κ3) is 3.24. The molecule has 0 aromatic heterocycles. The number of benzene rings is 2. The van der Waals surface area contributed by atoms with Crippen LogP contribution in [0, 0.1) is 11.3 Å². The molecular weight excluding hydrogens is 359 g/mol. The summed E-state index contributed by atoms with van der Waals surface area (Å²) < 4.78 is 40.0. The average Bonchev–Trinajstić information content (AvgIpc) is 2.86. The van der Waals surface area contributed by atoms with E-state index in [1.165, 1.54) is 37.3 Å². The third-order valence-electron chi connectivity index (χ3n) is 4.47. The van der Waals surface area contributed by atoms with Gasteiger partial charge in [0.2, 0.25) is 0 Å². The molecule has 0 spiro atoms. The first-order valence-corrected chi connectivity index (χ1v) is 7.96. The fourth-order valence-electron chi connectivity index (χ4n) is 3.06.